The summed E-state index contributed by atoms with van der Waals surface area (Å²) in [6, 6.07) is 16.3. The molecule has 0 saturated carbocycles. The second kappa shape index (κ2) is 11.5. The molecule has 0 unspecified atom stereocenters. The van der Waals surface area contributed by atoms with E-state index in [1.54, 1.807) is 6.08 Å². The summed E-state index contributed by atoms with van der Waals surface area (Å²) in [4.78, 5) is 12.3. The Labute approximate surface area is 159 Å². The molecular weight excluding hydrogens is 316 g/mol. The van der Waals surface area contributed by atoms with Gasteiger partial charge in [-0.25, -0.2) is 0 Å². The highest BCUT2D eigenvalue weighted by Crippen LogP contribution is 2.13. The molecule has 0 bridgehead atoms. The number of ketones is 1. The number of benzene rings is 2. The van der Waals surface area contributed by atoms with Crippen LogP contribution in [0.25, 0.3) is 6.08 Å². The van der Waals surface area contributed by atoms with Crippen LogP contribution in [0.3, 0.4) is 0 Å². The van der Waals surface area contributed by atoms with Crippen molar-refractivity contribution in [2.24, 2.45) is 0 Å². The minimum Gasteiger partial charge on any atom is -0.289 e. The molecule has 26 heavy (non-hydrogen) atoms. The van der Waals surface area contributed by atoms with Crippen LogP contribution in [-0.2, 0) is 6.42 Å². The first kappa shape index (κ1) is 20.2. The number of allylic oxidation sites excluding steroid dienone is 1. The number of aryl methyl sites for hydroxylation is 2. The average molecular weight is 349 g/mol. The molecule has 138 valence electrons. The molecule has 1 heteroatoms. The van der Waals surface area contributed by atoms with Crippen LogP contribution in [0.2, 0.25) is 0 Å². The van der Waals surface area contributed by atoms with E-state index in [0.717, 1.165) is 17.5 Å². The minimum atomic E-state index is 0.0630. The maximum atomic E-state index is 12.3. The van der Waals surface area contributed by atoms with Crippen molar-refractivity contribution in [2.75, 3.05) is 0 Å². The lowest BCUT2D eigenvalue weighted by molar-refractivity contribution is 0.104. The molecule has 0 heterocycles. The number of carbonyl (C=O) groups is 1. The Kier molecular flexibility index (Phi) is 8.89. The molecule has 1 nitrogen and oxygen atoms in total. The number of hydrogen-bond acceptors (Lipinski definition) is 1. The van der Waals surface area contributed by atoms with Gasteiger partial charge in [0.1, 0.15) is 0 Å². The molecule has 0 spiro atoms. The molecule has 2 aromatic carbocycles. The first-order valence-corrected chi connectivity index (χ1v) is 10.1. The fourth-order valence-corrected chi connectivity index (χ4v) is 3.07. The molecule has 0 radical (unpaired) electrons. The van der Waals surface area contributed by atoms with Gasteiger partial charge >= 0.3 is 0 Å². The van der Waals surface area contributed by atoms with Crippen molar-refractivity contribution in [3.63, 3.8) is 0 Å². The molecule has 2 rings (SSSR count). The van der Waals surface area contributed by atoms with E-state index in [4.69, 9.17) is 0 Å². The van der Waals surface area contributed by atoms with Crippen molar-refractivity contribution in [1.82, 2.24) is 0 Å². The van der Waals surface area contributed by atoms with Gasteiger partial charge in [0.15, 0.2) is 5.78 Å². The van der Waals surface area contributed by atoms with Gasteiger partial charge in [-0.1, -0.05) is 106 Å². The predicted molar refractivity (Wildman–Crippen MR) is 113 cm³/mol. The second-order valence-corrected chi connectivity index (χ2v) is 7.18. The number of rotatable bonds is 11. The van der Waals surface area contributed by atoms with E-state index in [2.05, 4.69) is 38.1 Å². The third kappa shape index (κ3) is 7.39. The predicted octanol–water partition coefficient (Wildman–Crippen LogP) is 7.18. The molecule has 0 aromatic heterocycles. The van der Waals surface area contributed by atoms with E-state index in [1.807, 2.05) is 30.3 Å². The third-order valence-corrected chi connectivity index (χ3v) is 4.81. The van der Waals surface area contributed by atoms with Crippen LogP contribution in [0.4, 0.5) is 0 Å². The fourth-order valence-electron chi connectivity index (χ4n) is 3.07. The van der Waals surface area contributed by atoms with Crippen molar-refractivity contribution in [1.29, 1.82) is 0 Å². The number of carbonyl (C=O) groups excluding carboxylic acids is 1. The molecule has 2 aromatic rings. The van der Waals surface area contributed by atoms with Crippen LogP contribution in [0.5, 0.6) is 0 Å². The highest BCUT2D eigenvalue weighted by atomic mass is 16.1. The van der Waals surface area contributed by atoms with Gasteiger partial charge in [-0.2, -0.15) is 0 Å². The third-order valence-electron chi connectivity index (χ3n) is 4.81. The molecule has 0 aliphatic carbocycles. The molecule has 0 saturated heterocycles. The van der Waals surface area contributed by atoms with Gasteiger partial charge in [0.25, 0.3) is 0 Å². The molecule has 0 fully saturated rings. The SMILES string of the molecule is CCCCCCCCCc1ccc(C(=O)C=Cc2ccc(C)cc2)cc1. The summed E-state index contributed by atoms with van der Waals surface area (Å²) in [6.45, 7) is 4.32. The first-order valence-electron chi connectivity index (χ1n) is 10.1. The Morgan fingerprint density at radius 1 is 0.808 bits per heavy atom. The van der Waals surface area contributed by atoms with Crippen LogP contribution >= 0.6 is 0 Å². The van der Waals surface area contributed by atoms with Gasteiger partial charge < -0.3 is 0 Å². The maximum absolute atomic E-state index is 12.3. The molecule has 0 atom stereocenters. The normalized spacial score (nSPS) is 11.2. The Morgan fingerprint density at radius 2 is 1.42 bits per heavy atom. The second-order valence-electron chi connectivity index (χ2n) is 7.18. The lowest BCUT2D eigenvalue weighted by atomic mass is 10.0. The van der Waals surface area contributed by atoms with Crippen LogP contribution in [0, 0.1) is 6.92 Å². The van der Waals surface area contributed by atoms with E-state index in [0.29, 0.717) is 0 Å². The average Bonchev–Trinajstić information content (AvgIpc) is 2.67. The molecular formula is C25H32O. The zero-order valence-corrected chi connectivity index (χ0v) is 16.3. The van der Waals surface area contributed by atoms with Gasteiger partial charge in [0, 0.05) is 5.56 Å². The lowest BCUT2D eigenvalue weighted by Crippen LogP contribution is -1.95. The summed E-state index contributed by atoms with van der Waals surface area (Å²) < 4.78 is 0. The Balaban J connectivity index is 1.75. The number of hydrogen-bond donors (Lipinski definition) is 0. The summed E-state index contributed by atoms with van der Waals surface area (Å²) >= 11 is 0. The van der Waals surface area contributed by atoms with E-state index in [-0.39, 0.29) is 5.78 Å². The fraction of sp³-hybridized carbons (Fsp3) is 0.400. The van der Waals surface area contributed by atoms with E-state index < -0.39 is 0 Å². The highest BCUT2D eigenvalue weighted by molar-refractivity contribution is 6.06. The summed E-state index contributed by atoms with van der Waals surface area (Å²) in [7, 11) is 0. The van der Waals surface area contributed by atoms with Gasteiger partial charge in [-0.05, 0) is 37.0 Å². The highest BCUT2D eigenvalue weighted by Gasteiger charge is 2.02. The van der Waals surface area contributed by atoms with Crippen LogP contribution in [0.1, 0.15) is 78.9 Å². The van der Waals surface area contributed by atoms with Crippen LogP contribution in [0.15, 0.2) is 54.6 Å². The summed E-state index contributed by atoms with van der Waals surface area (Å²) in [5, 5.41) is 0. The quantitative estimate of drug-likeness (QED) is 0.239. The topological polar surface area (TPSA) is 17.1 Å². The van der Waals surface area contributed by atoms with E-state index >= 15 is 0 Å². The van der Waals surface area contributed by atoms with E-state index in [9.17, 15) is 4.79 Å². The van der Waals surface area contributed by atoms with Crippen molar-refractivity contribution in [2.45, 2.75) is 65.2 Å². The van der Waals surface area contributed by atoms with Crippen molar-refractivity contribution in [3.8, 4) is 0 Å². The standard InChI is InChI=1S/C25H32O/c1-3-4-5-6-7-8-9-10-22-15-18-24(19-16-22)25(26)20-17-23-13-11-21(2)12-14-23/h11-20H,3-10H2,1-2H3. The summed E-state index contributed by atoms with van der Waals surface area (Å²) in [5.41, 5.74) is 4.37. The van der Waals surface area contributed by atoms with Gasteiger partial charge in [-0.3, -0.25) is 4.79 Å². The van der Waals surface area contributed by atoms with Crippen molar-refractivity contribution in [3.05, 3.63) is 76.9 Å². The van der Waals surface area contributed by atoms with E-state index in [1.165, 1.54) is 56.1 Å². The van der Waals surface area contributed by atoms with Crippen LogP contribution < -0.4 is 0 Å². The Bertz CT molecular complexity index is 677. The lowest BCUT2D eigenvalue weighted by Gasteiger charge is -2.03. The molecule has 0 aliphatic rings. The minimum absolute atomic E-state index is 0.0630. The zero-order valence-electron chi connectivity index (χ0n) is 16.3. The molecule has 0 N–H and O–H groups in total. The van der Waals surface area contributed by atoms with Gasteiger partial charge in [0.2, 0.25) is 0 Å². The Morgan fingerprint density at radius 3 is 2.08 bits per heavy atom. The van der Waals surface area contributed by atoms with Gasteiger partial charge in [-0.15, -0.1) is 0 Å². The summed E-state index contributed by atoms with van der Waals surface area (Å²) in [5.74, 6) is 0.0630. The monoisotopic (exact) mass is 348 g/mol. The maximum Gasteiger partial charge on any atom is 0.185 e. The van der Waals surface area contributed by atoms with Gasteiger partial charge in [0.05, 0.1) is 0 Å². The molecule has 0 amide bonds. The number of unbranched alkanes of at least 4 members (excludes halogenated alkanes) is 6. The molecule has 0 aliphatic heterocycles. The largest absolute Gasteiger partial charge is 0.289 e. The summed E-state index contributed by atoms with van der Waals surface area (Å²) in [6.07, 6.45) is 14.0. The first-order chi connectivity index (χ1) is 12.7. The van der Waals surface area contributed by atoms with Crippen molar-refractivity contribution < 1.29 is 4.79 Å². The van der Waals surface area contributed by atoms with Crippen LogP contribution in [-0.4, -0.2) is 5.78 Å². The van der Waals surface area contributed by atoms with Crippen molar-refractivity contribution >= 4 is 11.9 Å². The Hall–Kier alpha value is -2.15. The zero-order chi connectivity index (χ0) is 18.6. The smallest absolute Gasteiger partial charge is 0.185 e.